The zero-order valence-electron chi connectivity index (χ0n) is 17.3. The molecule has 2 fully saturated rings. The van der Waals surface area contributed by atoms with Crippen molar-refractivity contribution in [2.45, 2.75) is 62.8 Å². The summed E-state index contributed by atoms with van der Waals surface area (Å²) in [6, 6.07) is 10.4. The minimum absolute atomic E-state index is 0.317. The van der Waals surface area contributed by atoms with Gasteiger partial charge in [0.1, 0.15) is 5.82 Å². The quantitative estimate of drug-likeness (QED) is 0.544. The molecule has 1 aromatic heterocycles. The van der Waals surface area contributed by atoms with E-state index in [-0.39, 0.29) is 0 Å². The summed E-state index contributed by atoms with van der Waals surface area (Å²) in [7, 11) is 0. The highest BCUT2D eigenvalue weighted by Crippen LogP contribution is 2.31. The fourth-order valence-corrected chi connectivity index (χ4v) is 5.02. The molecule has 0 spiro atoms. The SMILES string of the molecule is FC(F)(F)c1ccc(N2CCCC(N[C@@H]3CCCC[C@H]3Nc3cc(Br)ccn3)C2)cc1. The minimum Gasteiger partial charge on any atom is -0.370 e. The molecule has 2 aromatic rings. The molecule has 1 saturated heterocycles. The van der Waals surface area contributed by atoms with Gasteiger partial charge in [0.25, 0.3) is 0 Å². The maximum atomic E-state index is 12.9. The Labute approximate surface area is 189 Å². The highest BCUT2D eigenvalue weighted by atomic mass is 79.9. The molecule has 31 heavy (non-hydrogen) atoms. The van der Waals surface area contributed by atoms with Crippen molar-refractivity contribution in [2.75, 3.05) is 23.3 Å². The number of halogens is 4. The summed E-state index contributed by atoms with van der Waals surface area (Å²) in [5, 5.41) is 7.46. The number of alkyl halides is 3. The third-order valence-electron chi connectivity index (χ3n) is 6.25. The van der Waals surface area contributed by atoms with E-state index in [1.54, 1.807) is 18.3 Å². The standard InChI is InChI=1S/C23H28BrF3N4/c24-17-11-12-28-22(14-17)30-21-6-2-1-5-20(21)29-18-4-3-13-31(15-18)19-9-7-16(8-10-19)23(25,26)27/h7-12,14,18,20-21,29H,1-6,13,15H2,(H,28,30)/t18?,20-,21-/m1/s1. The summed E-state index contributed by atoms with van der Waals surface area (Å²) in [6.07, 6.45) is 4.22. The topological polar surface area (TPSA) is 40.2 Å². The van der Waals surface area contributed by atoms with Crippen molar-refractivity contribution in [3.05, 3.63) is 52.6 Å². The van der Waals surface area contributed by atoms with E-state index < -0.39 is 11.7 Å². The van der Waals surface area contributed by atoms with E-state index in [2.05, 4.69) is 36.4 Å². The Morgan fingerprint density at radius 1 is 0.968 bits per heavy atom. The molecule has 0 amide bonds. The van der Waals surface area contributed by atoms with E-state index in [0.717, 1.165) is 54.8 Å². The molecule has 4 rings (SSSR count). The van der Waals surface area contributed by atoms with Crippen LogP contribution in [0.15, 0.2) is 47.1 Å². The Kier molecular flexibility index (Phi) is 7.06. The largest absolute Gasteiger partial charge is 0.416 e. The molecule has 0 radical (unpaired) electrons. The van der Waals surface area contributed by atoms with Crippen LogP contribution >= 0.6 is 15.9 Å². The van der Waals surface area contributed by atoms with Gasteiger partial charge in [0.2, 0.25) is 0 Å². The van der Waals surface area contributed by atoms with Gasteiger partial charge in [-0.1, -0.05) is 28.8 Å². The van der Waals surface area contributed by atoms with Gasteiger partial charge in [0, 0.05) is 47.6 Å². The molecule has 8 heteroatoms. The average Bonchev–Trinajstić information content (AvgIpc) is 2.75. The molecular weight excluding hydrogens is 469 g/mol. The highest BCUT2D eigenvalue weighted by molar-refractivity contribution is 9.10. The molecule has 1 aliphatic heterocycles. The normalized spacial score (nSPS) is 24.8. The molecule has 2 heterocycles. The smallest absolute Gasteiger partial charge is 0.370 e. The maximum absolute atomic E-state index is 12.9. The summed E-state index contributed by atoms with van der Waals surface area (Å²) in [4.78, 5) is 6.63. The van der Waals surface area contributed by atoms with Crippen LogP contribution < -0.4 is 15.5 Å². The van der Waals surface area contributed by atoms with Gasteiger partial charge in [-0.25, -0.2) is 4.98 Å². The average molecular weight is 497 g/mol. The third kappa shape index (κ3) is 5.92. The van der Waals surface area contributed by atoms with Crippen LogP contribution in [0, 0.1) is 0 Å². The number of piperidine rings is 1. The van der Waals surface area contributed by atoms with Gasteiger partial charge in [-0.15, -0.1) is 0 Å². The van der Waals surface area contributed by atoms with Crippen molar-refractivity contribution in [1.82, 2.24) is 10.3 Å². The first-order valence-corrected chi connectivity index (χ1v) is 11.7. The molecule has 4 nitrogen and oxygen atoms in total. The van der Waals surface area contributed by atoms with Crippen LogP contribution in [0.25, 0.3) is 0 Å². The number of nitrogens with zero attached hydrogens (tertiary/aromatic N) is 2. The Hall–Kier alpha value is -1.80. The van der Waals surface area contributed by atoms with E-state index in [9.17, 15) is 13.2 Å². The molecule has 1 unspecified atom stereocenters. The molecule has 3 atom stereocenters. The predicted molar refractivity (Wildman–Crippen MR) is 121 cm³/mol. The fraction of sp³-hybridized carbons (Fsp3) is 0.522. The van der Waals surface area contributed by atoms with Gasteiger partial charge >= 0.3 is 6.18 Å². The second-order valence-electron chi connectivity index (χ2n) is 8.50. The van der Waals surface area contributed by atoms with Gasteiger partial charge in [-0.2, -0.15) is 13.2 Å². The van der Waals surface area contributed by atoms with E-state index >= 15 is 0 Å². The lowest BCUT2D eigenvalue weighted by Gasteiger charge is -2.40. The van der Waals surface area contributed by atoms with E-state index in [4.69, 9.17) is 0 Å². The number of nitrogens with one attached hydrogen (secondary N) is 2. The van der Waals surface area contributed by atoms with Gasteiger partial charge in [0.05, 0.1) is 5.56 Å². The summed E-state index contributed by atoms with van der Waals surface area (Å²) in [5.74, 6) is 0.878. The lowest BCUT2D eigenvalue weighted by Crippen LogP contribution is -2.55. The Bertz CT molecular complexity index is 859. The van der Waals surface area contributed by atoms with Crippen molar-refractivity contribution in [3.63, 3.8) is 0 Å². The molecular formula is C23H28BrF3N4. The fourth-order valence-electron chi connectivity index (χ4n) is 4.69. The monoisotopic (exact) mass is 496 g/mol. The van der Waals surface area contributed by atoms with Gasteiger partial charge in [0.15, 0.2) is 0 Å². The second kappa shape index (κ2) is 9.77. The van der Waals surface area contributed by atoms with Gasteiger partial charge in [-0.05, 0) is 62.1 Å². The number of rotatable bonds is 5. The molecule has 168 valence electrons. The van der Waals surface area contributed by atoms with Crippen LogP contribution in [-0.2, 0) is 6.18 Å². The van der Waals surface area contributed by atoms with Crippen LogP contribution in [-0.4, -0.2) is 36.2 Å². The van der Waals surface area contributed by atoms with E-state index in [1.165, 1.54) is 25.0 Å². The predicted octanol–water partition coefficient (Wildman–Crippen LogP) is 5.84. The maximum Gasteiger partial charge on any atom is 0.416 e. The summed E-state index contributed by atoms with van der Waals surface area (Å²) in [5.41, 5.74) is 0.261. The van der Waals surface area contributed by atoms with E-state index in [1.807, 2.05) is 12.1 Å². The van der Waals surface area contributed by atoms with Crippen molar-refractivity contribution in [3.8, 4) is 0 Å². The van der Waals surface area contributed by atoms with Crippen molar-refractivity contribution in [1.29, 1.82) is 0 Å². The van der Waals surface area contributed by atoms with Crippen LogP contribution in [0.4, 0.5) is 24.7 Å². The number of anilines is 2. The molecule has 2 N–H and O–H groups in total. The van der Waals surface area contributed by atoms with Gasteiger partial charge < -0.3 is 15.5 Å². The van der Waals surface area contributed by atoms with Crippen molar-refractivity contribution >= 4 is 27.4 Å². The number of aromatic nitrogens is 1. The van der Waals surface area contributed by atoms with E-state index in [0.29, 0.717) is 18.1 Å². The first-order valence-electron chi connectivity index (χ1n) is 10.9. The van der Waals surface area contributed by atoms with Crippen LogP contribution in [0.3, 0.4) is 0 Å². The molecule has 1 aliphatic carbocycles. The number of pyridine rings is 1. The summed E-state index contributed by atoms with van der Waals surface area (Å²) in [6.45, 7) is 1.68. The highest BCUT2D eigenvalue weighted by Gasteiger charge is 2.31. The summed E-state index contributed by atoms with van der Waals surface area (Å²) >= 11 is 3.50. The Balaban J connectivity index is 1.38. The Morgan fingerprint density at radius 3 is 2.42 bits per heavy atom. The third-order valence-corrected chi connectivity index (χ3v) is 6.75. The van der Waals surface area contributed by atoms with Crippen LogP contribution in [0.2, 0.25) is 0 Å². The molecule has 0 bridgehead atoms. The molecule has 1 aromatic carbocycles. The second-order valence-corrected chi connectivity index (χ2v) is 9.41. The van der Waals surface area contributed by atoms with Crippen molar-refractivity contribution < 1.29 is 13.2 Å². The zero-order valence-corrected chi connectivity index (χ0v) is 18.9. The number of benzene rings is 1. The van der Waals surface area contributed by atoms with Crippen molar-refractivity contribution in [2.24, 2.45) is 0 Å². The lowest BCUT2D eigenvalue weighted by atomic mass is 9.89. The number of hydrogen-bond donors (Lipinski definition) is 2. The number of hydrogen-bond acceptors (Lipinski definition) is 4. The molecule has 2 aliphatic rings. The van der Waals surface area contributed by atoms with Gasteiger partial charge in [-0.3, -0.25) is 0 Å². The molecule has 1 saturated carbocycles. The first-order chi connectivity index (χ1) is 14.9. The van der Waals surface area contributed by atoms with Crippen LogP contribution in [0.5, 0.6) is 0 Å². The zero-order chi connectivity index (χ0) is 21.8. The minimum atomic E-state index is -4.29. The Morgan fingerprint density at radius 2 is 1.71 bits per heavy atom. The van der Waals surface area contributed by atoms with Crippen LogP contribution in [0.1, 0.15) is 44.1 Å². The first kappa shape index (κ1) is 22.4. The summed E-state index contributed by atoms with van der Waals surface area (Å²) < 4.78 is 39.6. The lowest BCUT2D eigenvalue weighted by molar-refractivity contribution is -0.137.